The first-order valence-electron chi connectivity index (χ1n) is 8.23. The minimum atomic E-state index is 0.0577. The van der Waals surface area contributed by atoms with Crippen molar-refractivity contribution in [3.8, 4) is 5.75 Å². The summed E-state index contributed by atoms with van der Waals surface area (Å²) in [5.41, 5.74) is 0.763. The highest BCUT2D eigenvalue weighted by Crippen LogP contribution is 2.24. The molecule has 0 atom stereocenters. The molecule has 1 aliphatic rings. The Labute approximate surface area is 156 Å². The Balaban J connectivity index is 1.61. The molecule has 0 N–H and O–H groups in total. The summed E-state index contributed by atoms with van der Waals surface area (Å²) in [5.74, 6) is 0.786. The number of hydrogen-bond donors (Lipinski definition) is 0. The van der Waals surface area contributed by atoms with Gasteiger partial charge in [-0.1, -0.05) is 11.6 Å². The molecular weight excluding hydrogens is 360 g/mol. The Morgan fingerprint density at radius 3 is 2.64 bits per heavy atom. The molecule has 1 aromatic heterocycles. The first-order chi connectivity index (χ1) is 12.1. The average molecular weight is 381 g/mol. The van der Waals surface area contributed by atoms with Gasteiger partial charge in [0, 0.05) is 25.2 Å². The molecule has 0 bridgehead atoms. The minimum Gasteiger partial charge on any atom is -0.486 e. The SMILES string of the molecule is COC1CCN(C(=O)c2sc(COc3ccc(Cl)cc3)nc2C)CC1. The normalized spacial score (nSPS) is 15.4. The Morgan fingerprint density at radius 1 is 1.32 bits per heavy atom. The Morgan fingerprint density at radius 2 is 2.00 bits per heavy atom. The lowest BCUT2D eigenvalue weighted by Crippen LogP contribution is -2.40. The fourth-order valence-electron chi connectivity index (χ4n) is 2.83. The highest BCUT2D eigenvalue weighted by molar-refractivity contribution is 7.13. The maximum Gasteiger partial charge on any atom is 0.265 e. The number of likely N-dealkylation sites (tertiary alicyclic amines) is 1. The molecule has 3 rings (SSSR count). The highest BCUT2D eigenvalue weighted by Gasteiger charge is 2.26. The Bertz CT molecular complexity index is 724. The lowest BCUT2D eigenvalue weighted by Gasteiger charge is -2.31. The topological polar surface area (TPSA) is 51.7 Å². The number of benzene rings is 1. The summed E-state index contributed by atoms with van der Waals surface area (Å²) in [5, 5.41) is 1.46. The van der Waals surface area contributed by atoms with E-state index < -0.39 is 0 Å². The zero-order valence-corrected chi connectivity index (χ0v) is 15.9. The molecule has 0 unspecified atom stereocenters. The van der Waals surface area contributed by atoms with Crippen molar-refractivity contribution in [3.05, 3.63) is 44.9 Å². The molecule has 134 valence electrons. The van der Waals surface area contributed by atoms with Gasteiger partial charge in [0.1, 0.15) is 22.2 Å². The van der Waals surface area contributed by atoms with E-state index in [1.165, 1.54) is 11.3 Å². The second-order valence-corrected chi connectivity index (χ2v) is 7.51. The van der Waals surface area contributed by atoms with Crippen molar-refractivity contribution in [2.24, 2.45) is 0 Å². The van der Waals surface area contributed by atoms with Gasteiger partial charge >= 0.3 is 0 Å². The van der Waals surface area contributed by atoms with Crippen LogP contribution >= 0.6 is 22.9 Å². The molecule has 0 aliphatic carbocycles. The lowest BCUT2D eigenvalue weighted by atomic mass is 10.1. The summed E-state index contributed by atoms with van der Waals surface area (Å²) < 4.78 is 11.1. The smallest absolute Gasteiger partial charge is 0.265 e. The van der Waals surface area contributed by atoms with E-state index >= 15 is 0 Å². The number of piperidine rings is 1. The van der Waals surface area contributed by atoms with Gasteiger partial charge in [-0.05, 0) is 44.0 Å². The maximum atomic E-state index is 12.7. The lowest BCUT2D eigenvalue weighted by molar-refractivity contribution is 0.0353. The van der Waals surface area contributed by atoms with E-state index in [9.17, 15) is 4.79 Å². The third-order valence-corrected chi connectivity index (χ3v) is 5.64. The monoisotopic (exact) mass is 380 g/mol. The molecule has 25 heavy (non-hydrogen) atoms. The van der Waals surface area contributed by atoms with Crippen LogP contribution in [0.15, 0.2) is 24.3 Å². The van der Waals surface area contributed by atoms with Crippen LogP contribution in [-0.4, -0.2) is 42.1 Å². The number of rotatable bonds is 5. The van der Waals surface area contributed by atoms with E-state index in [1.54, 1.807) is 19.2 Å². The number of halogens is 1. The third kappa shape index (κ3) is 4.51. The average Bonchev–Trinajstić information content (AvgIpc) is 3.01. The van der Waals surface area contributed by atoms with Crippen LogP contribution in [0.4, 0.5) is 0 Å². The molecule has 1 aromatic carbocycles. The molecule has 7 heteroatoms. The minimum absolute atomic E-state index is 0.0577. The van der Waals surface area contributed by atoms with E-state index in [0.29, 0.717) is 16.5 Å². The maximum absolute atomic E-state index is 12.7. The van der Waals surface area contributed by atoms with E-state index in [1.807, 2.05) is 24.0 Å². The summed E-state index contributed by atoms with van der Waals surface area (Å²) in [4.78, 5) is 19.8. The fourth-order valence-corrected chi connectivity index (χ4v) is 3.90. The number of ether oxygens (including phenoxy) is 2. The number of amides is 1. The van der Waals surface area contributed by atoms with Crippen molar-refractivity contribution in [2.75, 3.05) is 20.2 Å². The summed E-state index contributed by atoms with van der Waals surface area (Å²) in [6.07, 6.45) is 2.02. The quantitative estimate of drug-likeness (QED) is 0.788. The second kappa shape index (κ2) is 8.17. The molecule has 0 spiro atoms. The van der Waals surface area contributed by atoms with Crippen molar-refractivity contribution < 1.29 is 14.3 Å². The van der Waals surface area contributed by atoms with Crippen molar-refractivity contribution >= 4 is 28.8 Å². The number of aromatic nitrogens is 1. The summed E-state index contributed by atoms with van der Waals surface area (Å²) in [6.45, 7) is 3.67. The van der Waals surface area contributed by atoms with Gasteiger partial charge in [0.2, 0.25) is 0 Å². The molecule has 0 saturated carbocycles. The molecule has 2 aromatic rings. The van der Waals surface area contributed by atoms with E-state index in [-0.39, 0.29) is 12.0 Å². The predicted molar refractivity (Wildman–Crippen MR) is 98.6 cm³/mol. The van der Waals surface area contributed by atoms with Crippen molar-refractivity contribution in [3.63, 3.8) is 0 Å². The van der Waals surface area contributed by atoms with Crippen LogP contribution in [0.25, 0.3) is 0 Å². The standard InChI is InChI=1S/C18H21ClN2O3S/c1-12-17(18(22)21-9-7-14(23-2)8-10-21)25-16(20-12)11-24-15-5-3-13(19)4-6-15/h3-6,14H,7-11H2,1-2H3. The van der Waals surface area contributed by atoms with Gasteiger partial charge in [-0.2, -0.15) is 0 Å². The molecule has 1 fully saturated rings. The van der Waals surface area contributed by atoms with E-state index in [0.717, 1.165) is 42.4 Å². The van der Waals surface area contributed by atoms with Gasteiger partial charge in [-0.25, -0.2) is 4.98 Å². The van der Waals surface area contributed by atoms with Crippen molar-refractivity contribution in [1.29, 1.82) is 0 Å². The second-order valence-electron chi connectivity index (χ2n) is 5.99. The van der Waals surface area contributed by atoms with Gasteiger partial charge in [0.25, 0.3) is 5.91 Å². The van der Waals surface area contributed by atoms with E-state index in [4.69, 9.17) is 21.1 Å². The molecular formula is C18H21ClN2O3S. The number of carbonyl (C=O) groups is 1. The van der Waals surface area contributed by atoms with Crippen LogP contribution in [0.1, 0.15) is 33.2 Å². The Hall–Kier alpha value is -1.63. The zero-order chi connectivity index (χ0) is 17.8. The summed E-state index contributed by atoms with van der Waals surface area (Å²) in [6, 6.07) is 7.19. The number of carbonyl (C=O) groups excluding carboxylic acids is 1. The van der Waals surface area contributed by atoms with Gasteiger partial charge in [-0.3, -0.25) is 4.79 Å². The molecule has 1 amide bonds. The number of nitrogens with zero attached hydrogens (tertiary/aromatic N) is 2. The molecule has 1 saturated heterocycles. The third-order valence-electron chi connectivity index (χ3n) is 4.27. The molecule has 0 radical (unpaired) electrons. The Kier molecular flexibility index (Phi) is 5.93. The number of hydrogen-bond acceptors (Lipinski definition) is 5. The van der Waals surface area contributed by atoms with Crippen LogP contribution < -0.4 is 4.74 Å². The molecule has 5 nitrogen and oxygen atoms in total. The summed E-state index contributed by atoms with van der Waals surface area (Å²) >= 11 is 7.27. The van der Waals surface area contributed by atoms with Crippen molar-refractivity contribution in [1.82, 2.24) is 9.88 Å². The van der Waals surface area contributed by atoms with Gasteiger partial charge in [-0.15, -0.1) is 11.3 Å². The van der Waals surface area contributed by atoms with Crippen LogP contribution in [0.3, 0.4) is 0 Å². The summed E-state index contributed by atoms with van der Waals surface area (Å²) in [7, 11) is 1.72. The van der Waals surface area contributed by atoms with Crippen LogP contribution in [-0.2, 0) is 11.3 Å². The number of thiazole rings is 1. The number of methoxy groups -OCH3 is 1. The van der Waals surface area contributed by atoms with Crippen LogP contribution in [0.2, 0.25) is 5.02 Å². The number of aryl methyl sites for hydroxylation is 1. The fraction of sp³-hybridized carbons (Fsp3) is 0.444. The largest absolute Gasteiger partial charge is 0.486 e. The van der Waals surface area contributed by atoms with Crippen molar-refractivity contribution in [2.45, 2.75) is 32.5 Å². The zero-order valence-electron chi connectivity index (χ0n) is 14.3. The molecule has 2 heterocycles. The van der Waals surface area contributed by atoms with Gasteiger partial charge in [0.05, 0.1) is 11.8 Å². The molecule has 1 aliphatic heterocycles. The van der Waals surface area contributed by atoms with E-state index in [2.05, 4.69) is 4.98 Å². The first kappa shape index (κ1) is 18.2. The van der Waals surface area contributed by atoms with Gasteiger partial charge < -0.3 is 14.4 Å². The van der Waals surface area contributed by atoms with Crippen LogP contribution in [0.5, 0.6) is 5.75 Å². The predicted octanol–water partition coefficient (Wildman–Crippen LogP) is 3.93. The van der Waals surface area contributed by atoms with Gasteiger partial charge in [0.15, 0.2) is 0 Å². The van der Waals surface area contributed by atoms with Crippen LogP contribution in [0, 0.1) is 6.92 Å². The highest BCUT2D eigenvalue weighted by atomic mass is 35.5. The first-order valence-corrected chi connectivity index (χ1v) is 9.43.